The molecule has 3 rings (SSSR count). The maximum absolute atomic E-state index is 12.0. The van der Waals surface area contributed by atoms with Crippen LogP contribution in [0.5, 0.6) is 5.75 Å². The summed E-state index contributed by atoms with van der Waals surface area (Å²) in [5.41, 5.74) is 8.68. The van der Waals surface area contributed by atoms with E-state index in [4.69, 9.17) is 32.3 Å². The van der Waals surface area contributed by atoms with Crippen LogP contribution in [-0.2, 0) is 4.79 Å². The Morgan fingerprint density at radius 3 is 2.47 bits per heavy atom. The number of aromatic nitrogens is 3. The maximum atomic E-state index is 12.0. The van der Waals surface area contributed by atoms with Crippen molar-refractivity contribution in [2.45, 2.75) is 13.8 Å². The lowest BCUT2D eigenvalue weighted by Crippen LogP contribution is -2.25. The molecule has 34 heavy (non-hydrogen) atoms. The number of halogens is 2. The monoisotopic (exact) mass is 550 g/mol. The maximum Gasteiger partial charge on any atom is 0.221 e. The molecular formula is C22H24BrClN6O4. The standard InChI is InChI=1S/C22H24BrClN6O4/c1-3-34-19-12-17(30-27-21-14(23)10-15(25)20(24)22(21)28-30)16(26-13(2)33)11-18(19)29(6-4-8-31)7-5-9-32/h4-5,8-12,31-32H,3,6-7,25H2,1-2H3,(H,26,33)/b8-4+,9-5+. The van der Waals surface area contributed by atoms with Gasteiger partial charge in [0.25, 0.3) is 0 Å². The molecule has 0 aliphatic carbocycles. The van der Waals surface area contributed by atoms with Crippen LogP contribution >= 0.6 is 27.5 Å². The summed E-state index contributed by atoms with van der Waals surface area (Å²) >= 11 is 9.79. The Kier molecular flexibility index (Phi) is 8.24. The van der Waals surface area contributed by atoms with Gasteiger partial charge in [0.15, 0.2) is 0 Å². The van der Waals surface area contributed by atoms with E-state index in [0.29, 0.717) is 63.7 Å². The van der Waals surface area contributed by atoms with Gasteiger partial charge in [-0.2, -0.15) is 0 Å². The molecule has 0 spiro atoms. The first-order valence-corrected chi connectivity index (χ1v) is 11.4. The van der Waals surface area contributed by atoms with Gasteiger partial charge < -0.3 is 30.9 Å². The normalized spacial score (nSPS) is 11.5. The average Bonchev–Trinajstić information content (AvgIpc) is 3.24. The number of hydrogen-bond donors (Lipinski definition) is 4. The van der Waals surface area contributed by atoms with Crippen LogP contribution in [0.25, 0.3) is 16.7 Å². The van der Waals surface area contributed by atoms with Crippen LogP contribution in [0.3, 0.4) is 0 Å². The number of ether oxygens (including phenoxy) is 1. The Hall–Kier alpha value is -3.44. The third kappa shape index (κ3) is 5.37. The molecule has 1 aromatic heterocycles. The Morgan fingerprint density at radius 1 is 1.24 bits per heavy atom. The van der Waals surface area contributed by atoms with Crippen molar-refractivity contribution in [3.63, 3.8) is 0 Å². The number of nitrogen functional groups attached to an aromatic ring is 1. The van der Waals surface area contributed by atoms with Crippen molar-refractivity contribution in [1.82, 2.24) is 15.0 Å². The zero-order valence-electron chi connectivity index (χ0n) is 18.5. The number of anilines is 3. The first-order chi connectivity index (χ1) is 16.3. The van der Waals surface area contributed by atoms with E-state index in [-0.39, 0.29) is 10.9 Å². The van der Waals surface area contributed by atoms with Crippen molar-refractivity contribution >= 4 is 61.5 Å². The number of hydrogen-bond acceptors (Lipinski definition) is 8. The number of aliphatic hydroxyl groups excluding tert-OH is 2. The largest absolute Gasteiger partial charge is 0.516 e. The first kappa shape index (κ1) is 25.2. The molecule has 180 valence electrons. The fraction of sp³-hybridized carbons (Fsp3) is 0.227. The first-order valence-electron chi connectivity index (χ1n) is 10.2. The van der Waals surface area contributed by atoms with E-state index in [1.165, 1.54) is 11.7 Å². The molecule has 0 aliphatic rings. The van der Waals surface area contributed by atoms with E-state index in [0.717, 1.165) is 12.5 Å². The average molecular weight is 552 g/mol. The third-order valence-electron chi connectivity index (χ3n) is 4.69. The molecule has 3 aromatic rings. The number of nitrogens with two attached hydrogens (primary N) is 1. The summed E-state index contributed by atoms with van der Waals surface area (Å²) in [6.45, 7) is 4.23. The minimum Gasteiger partial charge on any atom is -0.516 e. The second-order valence-corrected chi connectivity index (χ2v) is 8.31. The number of fused-ring (bicyclic) bond motifs is 1. The molecule has 2 aromatic carbocycles. The molecule has 0 unspecified atom stereocenters. The van der Waals surface area contributed by atoms with Gasteiger partial charge in [0.05, 0.1) is 41.2 Å². The summed E-state index contributed by atoms with van der Waals surface area (Å²) in [6.07, 6.45) is 4.95. The molecule has 5 N–H and O–H groups in total. The number of aliphatic hydroxyl groups is 2. The molecule has 12 heteroatoms. The fourth-order valence-electron chi connectivity index (χ4n) is 3.28. The van der Waals surface area contributed by atoms with E-state index in [2.05, 4.69) is 31.4 Å². The number of rotatable bonds is 9. The van der Waals surface area contributed by atoms with Crippen LogP contribution in [0, 0.1) is 0 Å². The topological polar surface area (TPSA) is 139 Å². The van der Waals surface area contributed by atoms with Gasteiger partial charge in [-0.15, -0.1) is 15.0 Å². The molecule has 1 heterocycles. The number of carbonyl (C=O) groups is 1. The minimum absolute atomic E-state index is 0.268. The Bertz CT molecular complexity index is 1250. The van der Waals surface area contributed by atoms with Crippen molar-refractivity contribution < 1.29 is 19.7 Å². The predicted octanol–water partition coefficient (Wildman–Crippen LogP) is 4.73. The fourth-order valence-corrected chi connectivity index (χ4v) is 3.97. The highest BCUT2D eigenvalue weighted by atomic mass is 79.9. The zero-order valence-corrected chi connectivity index (χ0v) is 20.8. The van der Waals surface area contributed by atoms with Crippen LogP contribution in [0.2, 0.25) is 5.02 Å². The van der Waals surface area contributed by atoms with Crippen molar-refractivity contribution in [2.75, 3.05) is 35.6 Å². The van der Waals surface area contributed by atoms with Crippen LogP contribution < -0.4 is 20.7 Å². The Balaban J connectivity index is 2.25. The van der Waals surface area contributed by atoms with Crippen molar-refractivity contribution in [1.29, 1.82) is 0 Å². The second kappa shape index (κ2) is 11.1. The lowest BCUT2D eigenvalue weighted by molar-refractivity contribution is -0.114. The van der Waals surface area contributed by atoms with Gasteiger partial charge in [-0.05, 0) is 47.1 Å². The number of carbonyl (C=O) groups excluding carboxylic acids is 1. The SMILES string of the molecule is CCOc1cc(-n2nc3c(Br)cc(N)c(Cl)c3n2)c(NC(C)=O)cc1N(C/C=C/O)C/C=C/O. The van der Waals surface area contributed by atoms with Crippen LogP contribution in [0.15, 0.2) is 47.3 Å². The number of nitrogens with one attached hydrogen (secondary N) is 1. The highest BCUT2D eigenvalue weighted by Gasteiger charge is 2.21. The van der Waals surface area contributed by atoms with E-state index >= 15 is 0 Å². The van der Waals surface area contributed by atoms with Crippen molar-refractivity contribution in [3.8, 4) is 11.4 Å². The van der Waals surface area contributed by atoms with Gasteiger partial charge in [0, 0.05) is 30.6 Å². The smallest absolute Gasteiger partial charge is 0.221 e. The van der Waals surface area contributed by atoms with Gasteiger partial charge in [0.1, 0.15) is 22.5 Å². The highest BCUT2D eigenvalue weighted by molar-refractivity contribution is 9.10. The lowest BCUT2D eigenvalue weighted by Gasteiger charge is -2.26. The van der Waals surface area contributed by atoms with E-state index in [1.807, 2.05) is 11.8 Å². The minimum atomic E-state index is -0.298. The van der Waals surface area contributed by atoms with Gasteiger partial charge >= 0.3 is 0 Å². The molecule has 0 radical (unpaired) electrons. The van der Waals surface area contributed by atoms with E-state index in [9.17, 15) is 4.79 Å². The quantitative estimate of drug-likeness (QED) is 0.221. The van der Waals surface area contributed by atoms with Gasteiger partial charge in [0.2, 0.25) is 5.91 Å². The molecule has 1 amide bonds. The molecule has 0 bridgehead atoms. The summed E-state index contributed by atoms with van der Waals surface area (Å²) < 4.78 is 6.51. The summed E-state index contributed by atoms with van der Waals surface area (Å²) in [7, 11) is 0. The summed E-state index contributed by atoms with van der Waals surface area (Å²) in [5, 5.41) is 30.4. The second-order valence-electron chi connectivity index (χ2n) is 7.07. The van der Waals surface area contributed by atoms with Gasteiger partial charge in [-0.1, -0.05) is 11.6 Å². The van der Waals surface area contributed by atoms with Crippen LogP contribution in [0.1, 0.15) is 13.8 Å². The van der Waals surface area contributed by atoms with E-state index < -0.39 is 0 Å². The van der Waals surface area contributed by atoms with Crippen molar-refractivity contribution in [3.05, 3.63) is 52.4 Å². The highest BCUT2D eigenvalue weighted by Crippen LogP contribution is 2.38. The number of benzene rings is 2. The molecule has 10 nitrogen and oxygen atoms in total. The number of amides is 1. The van der Waals surface area contributed by atoms with E-state index in [1.54, 1.807) is 30.4 Å². The van der Waals surface area contributed by atoms with Crippen molar-refractivity contribution in [2.24, 2.45) is 0 Å². The molecule has 0 aliphatic heterocycles. The molecule has 0 saturated heterocycles. The molecule has 0 atom stereocenters. The predicted molar refractivity (Wildman–Crippen MR) is 137 cm³/mol. The molecule has 0 saturated carbocycles. The zero-order chi connectivity index (χ0) is 24.8. The van der Waals surface area contributed by atoms with Crippen LogP contribution in [-0.4, -0.2) is 50.8 Å². The lowest BCUT2D eigenvalue weighted by atomic mass is 10.2. The Morgan fingerprint density at radius 2 is 1.88 bits per heavy atom. The molecule has 0 fully saturated rings. The summed E-state index contributed by atoms with van der Waals surface area (Å²) in [5.74, 6) is 0.184. The summed E-state index contributed by atoms with van der Waals surface area (Å²) in [6, 6.07) is 5.07. The Labute approximate surface area is 209 Å². The third-order valence-corrected chi connectivity index (χ3v) is 5.69. The summed E-state index contributed by atoms with van der Waals surface area (Å²) in [4.78, 5) is 15.2. The van der Waals surface area contributed by atoms with Crippen LogP contribution in [0.4, 0.5) is 17.1 Å². The van der Waals surface area contributed by atoms with Gasteiger partial charge in [-0.25, -0.2) is 0 Å². The van der Waals surface area contributed by atoms with Gasteiger partial charge in [-0.3, -0.25) is 4.79 Å². The molecular weight excluding hydrogens is 528 g/mol. The number of nitrogens with zero attached hydrogens (tertiary/aromatic N) is 4.